The fourth-order valence-corrected chi connectivity index (χ4v) is 1.32. The van der Waals surface area contributed by atoms with Crippen LogP contribution in [0.3, 0.4) is 0 Å². The van der Waals surface area contributed by atoms with Crippen molar-refractivity contribution in [3.05, 3.63) is 30.3 Å². The van der Waals surface area contributed by atoms with Crippen molar-refractivity contribution in [2.75, 3.05) is 11.9 Å². The molecule has 0 saturated heterocycles. The van der Waals surface area contributed by atoms with Gasteiger partial charge in [0.2, 0.25) is 11.8 Å². The first kappa shape index (κ1) is 13.2. The molecule has 1 aromatic rings. The molecule has 0 aliphatic carbocycles. The Morgan fingerprint density at radius 3 is 2.35 bits per heavy atom. The maximum atomic E-state index is 11.5. The number of carbonyl (C=O) groups excluding carboxylic acids is 2. The molecule has 17 heavy (non-hydrogen) atoms. The first-order chi connectivity index (χ1) is 8.22. The minimum absolute atomic E-state index is 0.0740. The van der Waals surface area contributed by atoms with Crippen molar-refractivity contribution in [1.82, 2.24) is 5.32 Å². The molecule has 0 spiro atoms. The highest BCUT2D eigenvalue weighted by atomic mass is 16.2. The smallest absolute Gasteiger partial charge is 0.224 e. The molecule has 0 unspecified atom stereocenters. The normalized spacial score (nSPS) is 9.71. The van der Waals surface area contributed by atoms with Crippen LogP contribution in [0, 0.1) is 0 Å². The van der Waals surface area contributed by atoms with E-state index < -0.39 is 0 Å². The minimum atomic E-state index is -0.136. The Balaban J connectivity index is 2.24. The molecule has 0 saturated carbocycles. The molecule has 0 aliphatic rings. The fourth-order valence-electron chi connectivity index (χ4n) is 1.32. The van der Waals surface area contributed by atoms with Crippen LogP contribution in [-0.4, -0.2) is 18.4 Å². The molecule has 0 aromatic heterocycles. The van der Waals surface area contributed by atoms with Crippen molar-refractivity contribution in [2.24, 2.45) is 0 Å². The molecule has 4 heteroatoms. The number of carbonyl (C=O) groups is 2. The molecule has 0 fully saturated rings. The number of anilines is 1. The highest BCUT2D eigenvalue weighted by Crippen LogP contribution is 2.05. The van der Waals surface area contributed by atoms with E-state index in [1.807, 2.05) is 37.3 Å². The zero-order valence-electron chi connectivity index (χ0n) is 10.0. The third-order valence-corrected chi connectivity index (χ3v) is 2.21. The predicted octanol–water partition coefficient (Wildman–Crippen LogP) is 1.93. The Labute approximate surface area is 101 Å². The quantitative estimate of drug-likeness (QED) is 0.790. The number of hydrogen-bond donors (Lipinski definition) is 2. The van der Waals surface area contributed by atoms with E-state index in [1.54, 1.807) is 0 Å². The van der Waals surface area contributed by atoms with E-state index in [-0.39, 0.29) is 24.7 Å². The second-order valence-corrected chi connectivity index (χ2v) is 3.76. The number of para-hydroxylation sites is 1. The van der Waals surface area contributed by atoms with Crippen LogP contribution in [0.5, 0.6) is 0 Å². The Hall–Kier alpha value is -1.84. The number of nitrogens with one attached hydrogen (secondary N) is 2. The minimum Gasteiger partial charge on any atom is -0.356 e. The van der Waals surface area contributed by atoms with Crippen LogP contribution >= 0.6 is 0 Å². The molecule has 0 atom stereocenters. The summed E-state index contributed by atoms with van der Waals surface area (Å²) in [7, 11) is 0. The van der Waals surface area contributed by atoms with Gasteiger partial charge in [-0.15, -0.1) is 0 Å². The van der Waals surface area contributed by atoms with Gasteiger partial charge >= 0.3 is 0 Å². The van der Waals surface area contributed by atoms with Crippen LogP contribution in [0.1, 0.15) is 26.2 Å². The molecule has 0 radical (unpaired) electrons. The van der Waals surface area contributed by atoms with Crippen LogP contribution in [0.15, 0.2) is 30.3 Å². The maximum Gasteiger partial charge on any atom is 0.224 e. The van der Waals surface area contributed by atoms with Crippen LogP contribution in [0.2, 0.25) is 0 Å². The van der Waals surface area contributed by atoms with Crippen molar-refractivity contribution >= 4 is 17.5 Å². The third kappa shape index (κ3) is 5.70. The predicted molar refractivity (Wildman–Crippen MR) is 67.6 cm³/mol. The van der Waals surface area contributed by atoms with Gasteiger partial charge in [-0.05, 0) is 18.6 Å². The van der Waals surface area contributed by atoms with E-state index >= 15 is 0 Å². The van der Waals surface area contributed by atoms with E-state index in [4.69, 9.17) is 0 Å². The van der Waals surface area contributed by atoms with Gasteiger partial charge in [-0.1, -0.05) is 25.1 Å². The first-order valence-electron chi connectivity index (χ1n) is 5.84. The van der Waals surface area contributed by atoms with Gasteiger partial charge in [0.15, 0.2) is 0 Å². The Morgan fingerprint density at radius 2 is 1.71 bits per heavy atom. The molecule has 2 N–H and O–H groups in total. The largest absolute Gasteiger partial charge is 0.356 e. The summed E-state index contributed by atoms with van der Waals surface area (Å²) in [6, 6.07) is 9.21. The van der Waals surface area contributed by atoms with Gasteiger partial charge in [0.25, 0.3) is 0 Å². The Kier molecular flexibility index (Phi) is 5.79. The summed E-state index contributed by atoms with van der Waals surface area (Å²) in [4.78, 5) is 22.8. The van der Waals surface area contributed by atoms with Gasteiger partial charge < -0.3 is 10.6 Å². The monoisotopic (exact) mass is 234 g/mol. The van der Waals surface area contributed by atoms with E-state index in [0.717, 1.165) is 12.1 Å². The highest BCUT2D eigenvalue weighted by Gasteiger charge is 2.06. The Bertz CT molecular complexity index is 363. The van der Waals surface area contributed by atoms with Crippen LogP contribution in [-0.2, 0) is 9.59 Å². The molecule has 4 nitrogen and oxygen atoms in total. The van der Waals surface area contributed by atoms with Gasteiger partial charge in [-0.25, -0.2) is 0 Å². The molecule has 0 heterocycles. The molecule has 1 rings (SSSR count). The molecule has 1 aromatic carbocycles. The molecular formula is C13H18N2O2. The zero-order valence-corrected chi connectivity index (χ0v) is 10.0. The number of rotatable bonds is 6. The molecule has 2 amide bonds. The molecular weight excluding hydrogens is 216 g/mol. The topological polar surface area (TPSA) is 58.2 Å². The van der Waals surface area contributed by atoms with E-state index in [1.165, 1.54) is 0 Å². The summed E-state index contributed by atoms with van der Waals surface area (Å²) in [5.41, 5.74) is 0.756. The van der Waals surface area contributed by atoms with Gasteiger partial charge in [-0.3, -0.25) is 9.59 Å². The fraction of sp³-hybridized carbons (Fsp3) is 0.385. The summed E-state index contributed by atoms with van der Waals surface area (Å²) in [6.07, 6.45) is 1.35. The number of amides is 2. The lowest BCUT2D eigenvalue weighted by atomic mass is 10.2. The SMILES string of the molecule is CCCNC(=O)CCC(=O)Nc1ccccc1. The summed E-state index contributed by atoms with van der Waals surface area (Å²) >= 11 is 0. The maximum absolute atomic E-state index is 11.5. The molecule has 92 valence electrons. The standard InChI is InChI=1S/C13H18N2O2/c1-2-10-14-12(16)8-9-13(17)15-11-6-4-3-5-7-11/h3-7H,2,8-10H2,1H3,(H,14,16)(H,15,17). The van der Waals surface area contributed by atoms with Gasteiger partial charge in [0.1, 0.15) is 0 Å². The van der Waals surface area contributed by atoms with Gasteiger partial charge in [-0.2, -0.15) is 0 Å². The van der Waals surface area contributed by atoms with Gasteiger partial charge in [0.05, 0.1) is 0 Å². The van der Waals surface area contributed by atoms with Crippen molar-refractivity contribution in [1.29, 1.82) is 0 Å². The Morgan fingerprint density at radius 1 is 1.06 bits per heavy atom. The average Bonchev–Trinajstić information content (AvgIpc) is 2.35. The lowest BCUT2D eigenvalue weighted by Crippen LogP contribution is -2.25. The first-order valence-corrected chi connectivity index (χ1v) is 5.84. The number of hydrogen-bond acceptors (Lipinski definition) is 2. The molecule has 0 bridgehead atoms. The summed E-state index contributed by atoms with van der Waals surface area (Å²) in [5, 5.41) is 5.47. The molecule has 0 aliphatic heterocycles. The second-order valence-electron chi connectivity index (χ2n) is 3.76. The van der Waals surface area contributed by atoms with E-state index in [2.05, 4.69) is 10.6 Å². The van der Waals surface area contributed by atoms with Gasteiger partial charge in [0, 0.05) is 25.1 Å². The summed E-state index contributed by atoms with van der Waals surface area (Å²) in [5.74, 6) is -0.210. The van der Waals surface area contributed by atoms with Crippen molar-refractivity contribution in [3.8, 4) is 0 Å². The van der Waals surface area contributed by atoms with E-state index in [0.29, 0.717) is 6.54 Å². The average molecular weight is 234 g/mol. The number of benzene rings is 1. The zero-order chi connectivity index (χ0) is 12.5. The lowest BCUT2D eigenvalue weighted by Gasteiger charge is -2.05. The van der Waals surface area contributed by atoms with Crippen molar-refractivity contribution < 1.29 is 9.59 Å². The lowest BCUT2D eigenvalue weighted by molar-refractivity contribution is -0.124. The van der Waals surface area contributed by atoms with Crippen molar-refractivity contribution in [2.45, 2.75) is 26.2 Å². The third-order valence-electron chi connectivity index (χ3n) is 2.21. The summed E-state index contributed by atoms with van der Waals surface area (Å²) in [6.45, 7) is 2.65. The highest BCUT2D eigenvalue weighted by molar-refractivity contribution is 5.93. The summed E-state index contributed by atoms with van der Waals surface area (Å²) < 4.78 is 0. The van der Waals surface area contributed by atoms with Crippen LogP contribution in [0.25, 0.3) is 0 Å². The van der Waals surface area contributed by atoms with Crippen molar-refractivity contribution in [3.63, 3.8) is 0 Å². The van der Waals surface area contributed by atoms with Crippen LogP contribution < -0.4 is 10.6 Å². The van der Waals surface area contributed by atoms with Crippen LogP contribution in [0.4, 0.5) is 5.69 Å². The second kappa shape index (κ2) is 7.44. The van der Waals surface area contributed by atoms with E-state index in [9.17, 15) is 9.59 Å².